The van der Waals surface area contributed by atoms with Gasteiger partial charge in [0.1, 0.15) is 0 Å². The molecule has 0 atom stereocenters. The van der Waals surface area contributed by atoms with Crippen molar-refractivity contribution < 1.29 is 51.7 Å². The number of carbonyl (C=O) groups is 2. The highest BCUT2D eigenvalue weighted by atomic mass is 16.7. The monoisotopic (exact) mass is 664 g/mol. The van der Waals surface area contributed by atoms with Gasteiger partial charge in [-0.25, -0.2) is 4.79 Å². The summed E-state index contributed by atoms with van der Waals surface area (Å²) in [7, 11) is 0.0769. The van der Waals surface area contributed by atoms with Crippen LogP contribution >= 0.6 is 0 Å². The second-order valence-corrected chi connectivity index (χ2v) is 14.4. The van der Waals surface area contributed by atoms with Gasteiger partial charge in [-0.1, -0.05) is 12.0 Å². The highest BCUT2D eigenvalue weighted by Gasteiger charge is 2.51. The normalized spacial score (nSPS) is 23.3. The van der Waals surface area contributed by atoms with Gasteiger partial charge in [0, 0.05) is 19.3 Å². The minimum absolute atomic E-state index is 0.000266. The van der Waals surface area contributed by atoms with Gasteiger partial charge in [0.05, 0.1) is 40.7 Å². The van der Waals surface area contributed by atoms with E-state index < -0.39 is 20.2 Å². The maximum absolute atomic E-state index is 10.9. The average Bonchev–Trinajstić information content (AvgIpc) is 3.37. The second kappa shape index (κ2) is 17.2. The van der Waals surface area contributed by atoms with Gasteiger partial charge in [-0.05, 0) is 122 Å². The Morgan fingerprint density at radius 3 is 1.15 bits per heavy atom. The summed E-state index contributed by atoms with van der Waals surface area (Å²) in [6.07, 6.45) is 4.29. The van der Waals surface area contributed by atoms with Crippen LogP contribution in [0.15, 0.2) is 36.2 Å². The van der Waals surface area contributed by atoms with E-state index in [2.05, 4.69) is 4.74 Å². The van der Waals surface area contributed by atoms with E-state index in [1.165, 1.54) is 26.2 Å². The van der Waals surface area contributed by atoms with Crippen molar-refractivity contribution in [3.05, 3.63) is 36.2 Å². The minimum atomic E-state index is -0.492. The van der Waals surface area contributed by atoms with E-state index in [9.17, 15) is 9.59 Å². The van der Waals surface area contributed by atoms with Crippen molar-refractivity contribution in [2.75, 3.05) is 20.3 Å². The van der Waals surface area contributed by atoms with E-state index in [0.717, 1.165) is 0 Å². The second-order valence-electron chi connectivity index (χ2n) is 14.4. The molecule has 3 saturated heterocycles. The first-order valence-corrected chi connectivity index (χ1v) is 16.3. The predicted octanol–water partition coefficient (Wildman–Crippen LogP) is 5.68. The Bertz CT molecular complexity index is 1060. The van der Waals surface area contributed by atoms with E-state index >= 15 is 0 Å². The Morgan fingerprint density at radius 1 is 0.574 bits per heavy atom. The summed E-state index contributed by atoms with van der Waals surface area (Å²) in [6.45, 7) is 30.5. The Balaban J connectivity index is 0.000000356. The molecule has 0 amide bonds. The van der Waals surface area contributed by atoms with Crippen molar-refractivity contribution in [1.29, 1.82) is 0 Å². The minimum Gasteiger partial charge on any atom is -0.466 e. The van der Waals surface area contributed by atoms with Crippen LogP contribution in [0.2, 0.25) is 0 Å². The largest absolute Gasteiger partial charge is 0.487 e. The van der Waals surface area contributed by atoms with E-state index in [4.69, 9.17) is 37.4 Å². The van der Waals surface area contributed by atoms with Crippen LogP contribution in [0.1, 0.15) is 104 Å². The summed E-state index contributed by atoms with van der Waals surface area (Å²) in [6, 6.07) is 0. The van der Waals surface area contributed by atoms with Crippen LogP contribution < -0.4 is 0 Å². The molecule has 0 aromatic heterocycles. The molecule has 266 valence electrons. The first-order chi connectivity index (χ1) is 21.3. The predicted molar refractivity (Wildman–Crippen MR) is 185 cm³/mol. The molecule has 3 fully saturated rings. The molecule has 0 radical (unpaired) electrons. The van der Waals surface area contributed by atoms with Gasteiger partial charge in [-0.3, -0.25) is 4.79 Å². The number of hydrogen-bond donors (Lipinski definition) is 0. The number of ether oxygens (including phenoxy) is 3. The molecule has 11 nitrogen and oxygen atoms in total. The van der Waals surface area contributed by atoms with Crippen LogP contribution in [0.3, 0.4) is 0 Å². The van der Waals surface area contributed by atoms with Crippen LogP contribution in [0, 0.1) is 0 Å². The Kier molecular flexibility index (Phi) is 15.9. The number of rotatable bonds is 10. The lowest BCUT2D eigenvalue weighted by Crippen LogP contribution is -2.41. The van der Waals surface area contributed by atoms with E-state index in [1.54, 1.807) is 12.0 Å². The zero-order chi connectivity index (χ0) is 36.5. The molecule has 47 heavy (non-hydrogen) atoms. The van der Waals surface area contributed by atoms with Crippen LogP contribution in [0.4, 0.5) is 0 Å². The number of methoxy groups -OCH3 is 1. The van der Waals surface area contributed by atoms with Crippen LogP contribution in [-0.4, -0.2) is 93.3 Å². The summed E-state index contributed by atoms with van der Waals surface area (Å²) in [4.78, 5) is 21.6. The molecule has 0 unspecified atom stereocenters. The maximum atomic E-state index is 10.9. The number of ketones is 1. The Hall–Kier alpha value is -1.77. The molecule has 0 bridgehead atoms. The number of carbonyl (C=O) groups excluding carboxylic acids is 2. The summed E-state index contributed by atoms with van der Waals surface area (Å²) in [5.74, 6) is 4.65. The molecule has 3 aliphatic rings. The fourth-order valence-corrected chi connectivity index (χ4v) is 4.01. The molecular formula is C33H59B3O11. The molecule has 0 aromatic carbocycles. The highest BCUT2D eigenvalue weighted by molar-refractivity contribution is 6.52. The summed E-state index contributed by atoms with van der Waals surface area (Å²) >= 11 is 0. The van der Waals surface area contributed by atoms with Crippen LogP contribution in [0.5, 0.6) is 0 Å². The van der Waals surface area contributed by atoms with Crippen molar-refractivity contribution >= 4 is 33.1 Å². The molecule has 3 heterocycles. The topological polar surface area (TPSA) is 117 Å². The summed E-state index contributed by atoms with van der Waals surface area (Å²) in [5.41, 5.74) is -2.04. The van der Waals surface area contributed by atoms with Crippen molar-refractivity contribution in [3.8, 4) is 0 Å². The van der Waals surface area contributed by atoms with Crippen LogP contribution in [0.25, 0.3) is 0 Å². The molecule has 0 saturated carbocycles. The van der Waals surface area contributed by atoms with Gasteiger partial charge >= 0.3 is 27.3 Å². The first-order valence-electron chi connectivity index (χ1n) is 16.3. The molecule has 14 heteroatoms. The fraction of sp³-hybridized carbons (Fsp3) is 0.758. The number of esters is 1. The summed E-state index contributed by atoms with van der Waals surface area (Å²) in [5, 5.41) is 0. The van der Waals surface area contributed by atoms with Gasteiger partial charge in [0.2, 0.25) is 0 Å². The molecule has 0 aliphatic carbocycles. The van der Waals surface area contributed by atoms with Crippen molar-refractivity contribution in [3.63, 3.8) is 0 Å². The van der Waals surface area contributed by atoms with Crippen LogP contribution in [-0.2, 0) is 51.7 Å². The SMILES string of the molecule is CC(=O)/C=C/B1OC(C)(C)C(C)(C)O1.CCOC(/C=C/B1OC(C)(C)C(C)(C)O1)OCC.COC(=O)/C=C/B1OC(C)(C)C(C)(C)O1. The van der Waals surface area contributed by atoms with Gasteiger partial charge in [0.25, 0.3) is 0 Å². The highest BCUT2D eigenvalue weighted by Crippen LogP contribution is 2.38. The standard InChI is InChI=1S/C13H25BO4.C10H17BO4.C10H17BO3/c1-7-15-11(16-8-2)9-10-14-17-12(3,4)13(5,6)18-14;1-9(2)10(3,4)15-11(14-9)7-6-8(12)13-5;1-8(12)6-7-11-13-9(2,3)10(4,5)14-11/h9-11H,7-8H2,1-6H3;6-7H,1-5H3;6-7H,1-5H3/b10-9+;2*7-6+. The van der Waals surface area contributed by atoms with E-state index in [-0.39, 0.29) is 52.8 Å². The van der Waals surface area contributed by atoms with E-state index in [1.807, 2.05) is 109 Å². The Morgan fingerprint density at radius 2 is 0.872 bits per heavy atom. The lowest BCUT2D eigenvalue weighted by Gasteiger charge is -2.32. The quantitative estimate of drug-likeness (QED) is 0.124. The zero-order valence-electron chi connectivity index (χ0n) is 31.7. The molecule has 3 aliphatic heterocycles. The Labute approximate surface area is 284 Å². The average molecular weight is 664 g/mol. The molecular weight excluding hydrogens is 605 g/mol. The maximum Gasteiger partial charge on any atom is 0.487 e. The summed E-state index contributed by atoms with van der Waals surface area (Å²) < 4.78 is 49.6. The third kappa shape index (κ3) is 12.9. The lowest BCUT2D eigenvalue weighted by atomic mass is 9.90. The van der Waals surface area contributed by atoms with Gasteiger partial charge in [-0.15, -0.1) is 0 Å². The third-order valence-electron chi connectivity index (χ3n) is 8.98. The van der Waals surface area contributed by atoms with E-state index in [0.29, 0.717) is 13.2 Å². The van der Waals surface area contributed by atoms with Crippen molar-refractivity contribution in [2.45, 2.75) is 144 Å². The van der Waals surface area contributed by atoms with Gasteiger partial charge in [-0.2, -0.15) is 0 Å². The number of allylic oxidation sites excluding steroid dienone is 1. The molecule has 0 spiro atoms. The van der Waals surface area contributed by atoms with Gasteiger partial charge in [0.15, 0.2) is 12.1 Å². The first kappa shape index (κ1) is 43.3. The zero-order valence-corrected chi connectivity index (χ0v) is 31.7. The molecule has 3 rings (SSSR count). The lowest BCUT2D eigenvalue weighted by molar-refractivity contribution is -0.134. The van der Waals surface area contributed by atoms with Gasteiger partial charge < -0.3 is 42.1 Å². The third-order valence-corrected chi connectivity index (χ3v) is 8.98. The van der Waals surface area contributed by atoms with Crippen molar-refractivity contribution in [2.24, 2.45) is 0 Å². The smallest absolute Gasteiger partial charge is 0.466 e. The number of hydrogen-bond acceptors (Lipinski definition) is 11. The molecule has 0 aromatic rings. The fourth-order valence-electron chi connectivity index (χ4n) is 4.01. The molecule has 0 N–H and O–H groups in total. The van der Waals surface area contributed by atoms with Crippen molar-refractivity contribution in [1.82, 2.24) is 0 Å².